The molecule has 0 unspecified atom stereocenters. The van der Waals surface area contributed by atoms with Gasteiger partial charge < -0.3 is 34.8 Å². The molecule has 2 fully saturated rings. The minimum Gasteiger partial charge on any atom is -0.870 e. The zero-order chi connectivity index (χ0) is 45.5. The molecule has 0 bridgehead atoms. The number of hydrogen-bond donors (Lipinski definition) is 3. The number of carbonyl (C=O) groups is 6. The number of aromatic amines is 2. The van der Waals surface area contributed by atoms with Gasteiger partial charge in [0.2, 0.25) is 0 Å². The van der Waals surface area contributed by atoms with Crippen LogP contribution >= 0.6 is 0 Å². The van der Waals surface area contributed by atoms with E-state index in [1.165, 1.54) is 26.0 Å². The third-order valence-electron chi connectivity index (χ3n) is 10.1. The second kappa shape index (κ2) is 22.2. The number of aromatic carboxylic acids is 1. The van der Waals surface area contributed by atoms with Gasteiger partial charge in [0.05, 0.1) is 41.2 Å². The van der Waals surface area contributed by atoms with Gasteiger partial charge in [-0.05, 0) is 111 Å². The third-order valence-corrected chi connectivity index (χ3v) is 10.1. The molecule has 0 spiro atoms. The summed E-state index contributed by atoms with van der Waals surface area (Å²) >= 11 is 0. The fourth-order valence-corrected chi connectivity index (χ4v) is 7.29. The van der Waals surface area contributed by atoms with Crippen molar-refractivity contribution in [3.8, 4) is 22.5 Å². The summed E-state index contributed by atoms with van der Waals surface area (Å²) in [5.41, 5.74) is 2.37. The number of H-pyrrole nitrogens is 2. The van der Waals surface area contributed by atoms with Gasteiger partial charge >= 0.3 is 43.0 Å². The molecular formula is C46H59LiN6O11. The van der Waals surface area contributed by atoms with E-state index in [2.05, 4.69) is 15.0 Å². The second-order valence-corrected chi connectivity index (χ2v) is 17.4. The molecule has 0 radical (unpaired) electrons. The number of carbonyl (C=O) groups excluding carboxylic acids is 5. The SMILES string of the molecule is CC(=O)c1[nH]c([C@@H]2CCCCN2C(=O)OC(C)(C)C)nc1-c1ccc(C(=O)O)cc1.CCOC(=O)c1ccc(-c2nc([C@@H]3CCCCN3C(=O)OC(C)(C)C)[nH]c2C(C)=O)cc1.[Li+].[OH-]. The van der Waals surface area contributed by atoms with Gasteiger partial charge in [-0.2, -0.15) is 0 Å². The van der Waals surface area contributed by atoms with Crippen molar-refractivity contribution < 1.29 is 72.4 Å². The quantitative estimate of drug-likeness (QED) is 0.0737. The Morgan fingerprint density at radius 2 is 1.03 bits per heavy atom. The second-order valence-electron chi connectivity index (χ2n) is 17.4. The third kappa shape index (κ3) is 13.4. The van der Waals surface area contributed by atoms with Gasteiger partial charge in [0.25, 0.3) is 0 Å². The molecule has 2 aliphatic rings. The number of nitrogens with one attached hydrogen (secondary N) is 2. The summed E-state index contributed by atoms with van der Waals surface area (Å²) in [5, 5.41) is 9.10. The Kier molecular flexibility index (Phi) is 18.3. The van der Waals surface area contributed by atoms with E-state index in [0.29, 0.717) is 77.2 Å². The van der Waals surface area contributed by atoms with Crippen molar-refractivity contribution in [1.82, 2.24) is 29.7 Å². The molecule has 2 amide bonds. The van der Waals surface area contributed by atoms with Gasteiger partial charge in [-0.3, -0.25) is 19.4 Å². The van der Waals surface area contributed by atoms with Gasteiger partial charge in [0.1, 0.15) is 34.2 Å². The number of ether oxygens (including phenoxy) is 3. The van der Waals surface area contributed by atoms with Gasteiger partial charge in [-0.1, -0.05) is 24.3 Å². The first-order chi connectivity index (χ1) is 29.2. The molecule has 4 heterocycles. The maximum atomic E-state index is 12.8. The molecule has 2 aliphatic heterocycles. The number of rotatable bonds is 9. The van der Waals surface area contributed by atoms with E-state index in [9.17, 15) is 28.8 Å². The van der Waals surface area contributed by atoms with Crippen LogP contribution in [0.25, 0.3) is 22.5 Å². The summed E-state index contributed by atoms with van der Waals surface area (Å²) in [6, 6.07) is 12.4. The zero-order valence-corrected chi connectivity index (χ0v) is 38.5. The van der Waals surface area contributed by atoms with E-state index < -0.39 is 29.2 Å². The Morgan fingerprint density at radius 1 is 0.656 bits per heavy atom. The van der Waals surface area contributed by atoms with Crippen LogP contribution in [0.2, 0.25) is 0 Å². The molecule has 4 aromatic rings. The topological polar surface area (TPSA) is 244 Å². The Balaban J connectivity index is 0.000000331. The van der Waals surface area contributed by atoms with E-state index in [1.54, 1.807) is 53.1 Å². The number of Topliss-reactive ketones (excluding diaryl/α,β-unsaturated/α-hetero) is 2. The van der Waals surface area contributed by atoms with Gasteiger partial charge in [-0.15, -0.1) is 0 Å². The summed E-state index contributed by atoms with van der Waals surface area (Å²) in [6.07, 6.45) is 4.29. The van der Waals surface area contributed by atoms with E-state index in [-0.39, 0.29) is 59.6 Å². The molecule has 340 valence electrons. The normalized spacial score (nSPS) is 16.2. The summed E-state index contributed by atoms with van der Waals surface area (Å²) < 4.78 is 16.2. The van der Waals surface area contributed by atoms with E-state index >= 15 is 0 Å². The number of hydrogen-bond acceptors (Lipinski definition) is 12. The van der Waals surface area contributed by atoms with E-state index in [4.69, 9.17) is 24.3 Å². The van der Waals surface area contributed by atoms with Crippen molar-refractivity contribution in [3.63, 3.8) is 0 Å². The van der Waals surface area contributed by atoms with E-state index in [0.717, 1.165) is 32.1 Å². The van der Waals surface area contributed by atoms with Crippen LogP contribution < -0.4 is 18.9 Å². The van der Waals surface area contributed by atoms with Crippen LogP contribution in [0.1, 0.15) is 166 Å². The molecule has 2 saturated heterocycles. The maximum Gasteiger partial charge on any atom is 1.00 e. The number of aromatic nitrogens is 4. The van der Waals surface area contributed by atoms with Crippen molar-refractivity contribution in [2.24, 2.45) is 0 Å². The average molecular weight is 879 g/mol. The minimum atomic E-state index is -1.02. The Hall–Kier alpha value is -5.76. The van der Waals surface area contributed by atoms with Crippen molar-refractivity contribution in [1.29, 1.82) is 0 Å². The molecule has 2 atom stereocenters. The fourth-order valence-electron chi connectivity index (χ4n) is 7.29. The molecule has 18 heteroatoms. The van der Waals surface area contributed by atoms with Gasteiger partial charge in [-0.25, -0.2) is 29.1 Å². The molecule has 64 heavy (non-hydrogen) atoms. The Labute approximate surface area is 385 Å². The number of ketones is 2. The molecule has 0 saturated carbocycles. The summed E-state index contributed by atoms with van der Waals surface area (Å²) in [4.78, 5) is 92.1. The standard InChI is InChI=1S/C24H31N3O5.C22H27N3O5.Li.H2O/c1-6-31-22(29)17-12-10-16(11-13-17)20-19(15(2)28)25-21(26-20)18-9-7-8-14-27(18)23(30)32-24(3,4)5;1-13(26)17-18(14-8-10-15(11-9-14)20(27)28)24-19(23-17)16-7-5-6-12-25(16)21(29)30-22(2,3)4;;/h10-13,18H,6-9,14H2,1-5H3,(H,25,26);8-11,16H,5-7,12H2,1-4H3,(H,23,24)(H,27,28);;1H2/q;;+1;/p-1/t18-;16-;;/m00../s1. The molecule has 2 aromatic carbocycles. The largest absolute Gasteiger partial charge is 1.00 e. The fraction of sp³-hybridized carbons (Fsp3) is 0.478. The van der Waals surface area contributed by atoms with Crippen molar-refractivity contribution in [3.05, 3.63) is 82.7 Å². The van der Waals surface area contributed by atoms with Gasteiger partial charge in [0, 0.05) is 38.1 Å². The number of esters is 1. The van der Waals surface area contributed by atoms with Crippen LogP contribution in [0.4, 0.5) is 9.59 Å². The Morgan fingerprint density at radius 3 is 1.36 bits per heavy atom. The number of likely N-dealkylation sites (tertiary alicyclic amines) is 2. The molecule has 17 nitrogen and oxygen atoms in total. The number of nitrogens with zero attached hydrogens (tertiary/aromatic N) is 4. The maximum absolute atomic E-state index is 12.8. The molecular weight excluding hydrogens is 819 g/mol. The minimum absolute atomic E-state index is 0. The van der Waals surface area contributed by atoms with Crippen LogP contribution in [-0.2, 0) is 14.2 Å². The van der Waals surface area contributed by atoms with Crippen molar-refractivity contribution >= 4 is 35.7 Å². The summed E-state index contributed by atoms with van der Waals surface area (Å²) in [7, 11) is 0. The van der Waals surface area contributed by atoms with Gasteiger partial charge in [0.15, 0.2) is 11.6 Å². The number of amides is 2. The van der Waals surface area contributed by atoms with Crippen LogP contribution in [0.15, 0.2) is 48.5 Å². The monoisotopic (exact) mass is 878 g/mol. The smallest absolute Gasteiger partial charge is 0.870 e. The molecule has 4 N–H and O–H groups in total. The van der Waals surface area contributed by atoms with Crippen LogP contribution in [0.5, 0.6) is 0 Å². The van der Waals surface area contributed by atoms with Crippen LogP contribution in [0.3, 0.4) is 0 Å². The number of piperidine rings is 2. The number of carboxylic acids is 1. The van der Waals surface area contributed by atoms with Crippen molar-refractivity contribution in [2.75, 3.05) is 19.7 Å². The zero-order valence-electron chi connectivity index (χ0n) is 38.5. The summed E-state index contributed by atoms with van der Waals surface area (Å²) in [5.74, 6) is -0.679. The first-order valence-electron chi connectivity index (χ1n) is 21.0. The summed E-state index contributed by atoms with van der Waals surface area (Å²) in [6.45, 7) is 17.1. The number of imidazole rings is 2. The average Bonchev–Trinajstić information content (AvgIpc) is 3.87. The predicted molar refractivity (Wildman–Crippen MR) is 232 cm³/mol. The number of carboxylic acid groups (broad SMARTS) is 1. The molecule has 0 aliphatic carbocycles. The molecule has 2 aromatic heterocycles. The molecule has 6 rings (SSSR count). The number of benzene rings is 2. The van der Waals surface area contributed by atoms with Crippen LogP contribution in [0, 0.1) is 0 Å². The predicted octanol–water partition coefficient (Wildman–Crippen LogP) is 6.18. The van der Waals surface area contributed by atoms with E-state index in [1.807, 2.05) is 41.5 Å². The Bertz CT molecular complexity index is 2270. The van der Waals surface area contributed by atoms with Crippen molar-refractivity contribution in [2.45, 2.75) is 124 Å². The van der Waals surface area contributed by atoms with Crippen LogP contribution in [-0.4, -0.2) is 107 Å². The first-order valence-corrected chi connectivity index (χ1v) is 21.0. The first kappa shape index (κ1) is 52.6.